The summed E-state index contributed by atoms with van der Waals surface area (Å²) in [5.41, 5.74) is 6.49. The molecule has 0 amide bonds. The summed E-state index contributed by atoms with van der Waals surface area (Å²) in [4.78, 5) is 10.1. The monoisotopic (exact) mass is 177 g/mol. The average Bonchev–Trinajstić information content (AvgIpc) is 2.19. The fourth-order valence-corrected chi connectivity index (χ4v) is 0.618. The molecular formula is C11H15NO. The highest BCUT2D eigenvalue weighted by Crippen LogP contribution is 2.05. The van der Waals surface area contributed by atoms with Gasteiger partial charge in [-0.25, -0.2) is 0 Å². The van der Waals surface area contributed by atoms with Gasteiger partial charge in [-0.1, -0.05) is 24.3 Å². The normalized spacial score (nSPS) is 9.08. The van der Waals surface area contributed by atoms with Crippen molar-refractivity contribution in [1.82, 2.24) is 0 Å². The molecule has 13 heavy (non-hydrogen) atoms. The molecule has 0 aromatic heterocycles. The molecule has 1 aromatic carbocycles. The third-order valence-electron chi connectivity index (χ3n) is 1.46. The van der Waals surface area contributed by atoms with Crippen LogP contribution in [0.15, 0.2) is 36.4 Å². The van der Waals surface area contributed by atoms with Crippen LogP contribution in [-0.4, -0.2) is 6.29 Å². The number of carbonyl (C=O) groups excluding carboxylic acids is 1. The molecule has 0 radical (unpaired) electrons. The van der Waals surface area contributed by atoms with Gasteiger partial charge in [0.15, 0.2) is 6.29 Å². The van der Waals surface area contributed by atoms with Gasteiger partial charge in [-0.2, -0.15) is 0 Å². The van der Waals surface area contributed by atoms with Crippen LogP contribution < -0.4 is 5.73 Å². The van der Waals surface area contributed by atoms with E-state index in [9.17, 15) is 4.79 Å². The maximum atomic E-state index is 10.1. The Morgan fingerprint density at radius 1 is 1.15 bits per heavy atom. The minimum absolute atomic E-state index is 0.535. The Balaban J connectivity index is 0.000000310. The Kier molecular flexibility index (Phi) is 6.24. The standard InChI is InChI=1S/C7H7NO.C4H8/c8-7-4-2-1-3-6(7)5-9;1-3-4-2/h1-5H,8H2;3-4H,1-2H3/b;4-3-. The van der Waals surface area contributed by atoms with E-state index in [0.29, 0.717) is 11.3 Å². The topological polar surface area (TPSA) is 43.1 Å². The molecule has 0 fully saturated rings. The fourth-order valence-electron chi connectivity index (χ4n) is 0.618. The van der Waals surface area contributed by atoms with Crippen molar-refractivity contribution in [2.24, 2.45) is 0 Å². The summed E-state index contributed by atoms with van der Waals surface area (Å²) in [5.74, 6) is 0. The third kappa shape index (κ3) is 4.80. The summed E-state index contributed by atoms with van der Waals surface area (Å²) in [6.45, 7) is 4.00. The van der Waals surface area contributed by atoms with Crippen LogP contribution in [0.5, 0.6) is 0 Å². The first-order valence-electron chi connectivity index (χ1n) is 4.13. The van der Waals surface area contributed by atoms with Crippen LogP contribution in [0.25, 0.3) is 0 Å². The van der Waals surface area contributed by atoms with Crippen molar-refractivity contribution >= 4 is 12.0 Å². The molecule has 0 spiro atoms. The second kappa shape index (κ2) is 7.10. The Bertz CT molecular complexity index is 275. The summed E-state index contributed by atoms with van der Waals surface area (Å²) in [6.07, 6.45) is 4.75. The van der Waals surface area contributed by atoms with Crippen LogP contribution in [0.4, 0.5) is 5.69 Å². The fraction of sp³-hybridized carbons (Fsp3) is 0.182. The molecule has 2 N–H and O–H groups in total. The largest absolute Gasteiger partial charge is 0.398 e. The lowest BCUT2D eigenvalue weighted by Crippen LogP contribution is -1.90. The van der Waals surface area contributed by atoms with E-state index >= 15 is 0 Å². The van der Waals surface area contributed by atoms with Gasteiger partial charge < -0.3 is 5.73 Å². The van der Waals surface area contributed by atoms with Gasteiger partial charge >= 0.3 is 0 Å². The van der Waals surface area contributed by atoms with Crippen LogP contribution in [-0.2, 0) is 0 Å². The number of hydrogen-bond donors (Lipinski definition) is 1. The number of hydrogen-bond acceptors (Lipinski definition) is 2. The lowest BCUT2D eigenvalue weighted by atomic mass is 10.2. The maximum Gasteiger partial charge on any atom is 0.152 e. The minimum atomic E-state index is 0.535. The number of carbonyl (C=O) groups is 1. The minimum Gasteiger partial charge on any atom is -0.398 e. The molecule has 0 aliphatic heterocycles. The smallest absolute Gasteiger partial charge is 0.152 e. The molecule has 2 heteroatoms. The highest BCUT2D eigenvalue weighted by Gasteiger charge is 1.90. The zero-order valence-electron chi connectivity index (χ0n) is 8.03. The number of anilines is 1. The number of allylic oxidation sites excluding steroid dienone is 2. The molecule has 1 rings (SSSR count). The van der Waals surface area contributed by atoms with Gasteiger partial charge in [-0.15, -0.1) is 0 Å². The number of aldehydes is 1. The van der Waals surface area contributed by atoms with Crippen molar-refractivity contribution < 1.29 is 4.79 Å². The van der Waals surface area contributed by atoms with Crippen molar-refractivity contribution in [2.45, 2.75) is 13.8 Å². The predicted octanol–water partition coefficient (Wildman–Crippen LogP) is 2.66. The summed E-state index contributed by atoms with van der Waals surface area (Å²) >= 11 is 0. The van der Waals surface area contributed by atoms with Gasteiger partial charge in [-0.05, 0) is 26.0 Å². The Morgan fingerprint density at radius 2 is 1.69 bits per heavy atom. The number of nitrogen functional groups attached to an aromatic ring is 1. The number of nitrogens with two attached hydrogens (primary N) is 1. The molecule has 1 aromatic rings. The zero-order valence-corrected chi connectivity index (χ0v) is 8.03. The quantitative estimate of drug-likeness (QED) is 0.407. The van der Waals surface area contributed by atoms with Crippen LogP contribution in [0, 0.1) is 0 Å². The van der Waals surface area contributed by atoms with Gasteiger partial charge in [-0.3, -0.25) is 4.79 Å². The van der Waals surface area contributed by atoms with Gasteiger partial charge in [0.2, 0.25) is 0 Å². The summed E-state index contributed by atoms with van der Waals surface area (Å²) in [6, 6.07) is 6.95. The number of para-hydroxylation sites is 1. The SMILES string of the molecule is C/C=C\C.Nc1ccccc1C=O. The number of rotatable bonds is 1. The van der Waals surface area contributed by atoms with E-state index in [2.05, 4.69) is 0 Å². The molecule has 0 atom stereocenters. The molecular weight excluding hydrogens is 162 g/mol. The molecule has 2 nitrogen and oxygen atoms in total. The summed E-state index contributed by atoms with van der Waals surface area (Å²) < 4.78 is 0. The van der Waals surface area contributed by atoms with Crippen molar-refractivity contribution in [1.29, 1.82) is 0 Å². The van der Waals surface area contributed by atoms with Crippen LogP contribution in [0.3, 0.4) is 0 Å². The molecule has 70 valence electrons. The first kappa shape index (κ1) is 11.4. The third-order valence-corrected chi connectivity index (χ3v) is 1.46. The Labute approximate surface area is 79.1 Å². The van der Waals surface area contributed by atoms with Crippen molar-refractivity contribution in [3.05, 3.63) is 42.0 Å². The van der Waals surface area contributed by atoms with Gasteiger partial charge in [0, 0.05) is 11.3 Å². The molecule has 0 unspecified atom stereocenters. The van der Waals surface area contributed by atoms with Crippen LogP contribution in [0.1, 0.15) is 24.2 Å². The number of benzene rings is 1. The van der Waals surface area contributed by atoms with Crippen LogP contribution in [0.2, 0.25) is 0 Å². The first-order valence-corrected chi connectivity index (χ1v) is 4.13. The lowest BCUT2D eigenvalue weighted by molar-refractivity contribution is 0.112. The van der Waals surface area contributed by atoms with Crippen molar-refractivity contribution in [2.75, 3.05) is 5.73 Å². The highest BCUT2D eigenvalue weighted by molar-refractivity contribution is 5.82. The van der Waals surface area contributed by atoms with Gasteiger partial charge in [0.25, 0.3) is 0 Å². The summed E-state index contributed by atoms with van der Waals surface area (Å²) in [7, 11) is 0. The molecule has 0 aliphatic rings. The molecule has 0 heterocycles. The average molecular weight is 177 g/mol. The van der Waals surface area contributed by atoms with Gasteiger partial charge in [0.05, 0.1) is 0 Å². The predicted molar refractivity (Wildman–Crippen MR) is 56.7 cm³/mol. The van der Waals surface area contributed by atoms with E-state index in [-0.39, 0.29) is 0 Å². The van der Waals surface area contributed by atoms with Gasteiger partial charge in [0.1, 0.15) is 0 Å². The molecule has 0 saturated carbocycles. The highest BCUT2D eigenvalue weighted by atomic mass is 16.1. The Morgan fingerprint density at radius 3 is 2.00 bits per heavy atom. The van der Waals surface area contributed by atoms with E-state index in [4.69, 9.17) is 5.73 Å². The van der Waals surface area contributed by atoms with E-state index in [1.165, 1.54) is 0 Å². The van der Waals surface area contributed by atoms with Crippen molar-refractivity contribution in [3.8, 4) is 0 Å². The maximum absolute atomic E-state index is 10.1. The van der Waals surface area contributed by atoms with E-state index in [1.54, 1.807) is 24.3 Å². The zero-order chi connectivity index (χ0) is 10.1. The van der Waals surface area contributed by atoms with E-state index in [0.717, 1.165) is 6.29 Å². The first-order chi connectivity index (χ1) is 6.26. The molecule has 0 bridgehead atoms. The van der Waals surface area contributed by atoms with E-state index < -0.39 is 0 Å². The van der Waals surface area contributed by atoms with E-state index in [1.807, 2.05) is 26.0 Å². The summed E-state index contributed by atoms with van der Waals surface area (Å²) in [5, 5.41) is 0. The molecule has 0 aliphatic carbocycles. The second-order valence-corrected chi connectivity index (χ2v) is 2.41. The van der Waals surface area contributed by atoms with Crippen LogP contribution >= 0.6 is 0 Å². The van der Waals surface area contributed by atoms with Crippen molar-refractivity contribution in [3.63, 3.8) is 0 Å². The Hall–Kier alpha value is -1.57. The lowest BCUT2D eigenvalue weighted by Gasteiger charge is -1.92. The molecule has 0 saturated heterocycles. The second-order valence-electron chi connectivity index (χ2n) is 2.41.